The monoisotopic (exact) mass is 646 g/mol. The number of cyclic esters (lactones) is 2. The van der Waals surface area contributed by atoms with Gasteiger partial charge in [-0.3, -0.25) is 24.1 Å². The van der Waals surface area contributed by atoms with Crippen molar-refractivity contribution in [3.05, 3.63) is 0 Å². The minimum Gasteiger partial charge on any atom is -0.396 e. The molecule has 8 heteroatoms. The van der Waals surface area contributed by atoms with Gasteiger partial charge in [-0.05, 0) is 112 Å². The molecular formula is C38H66N2O6. The van der Waals surface area contributed by atoms with E-state index in [1.807, 2.05) is 0 Å². The number of nitrogens with two attached hydrogens (primary N) is 1. The van der Waals surface area contributed by atoms with Gasteiger partial charge in [0.15, 0.2) is 0 Å². The molecule has 0 aromatic rings. The van der Waals surface area contributed by atoms with Crippen LogP contribution < -0.4 is 5.73 Å². The summed E-state index contributed by atoms with van der Waals surface area (Å²) in [5.41, 5.74) is 5.56. The van der Waals surface area contributed by atoms with Crippen molar-refractivity contribution >= 4 is 23.8 Å². The van der Waals surface area contributed by atoms with Gasteiger partial charge in [-0.2, -0.15) is 0 Å². The Balaban J connectivity index is 0.000000198. The summed E-state index contributed by atoms with van der Waals surface area (Å²) in [6.45, 7) is 4.07. The summed E-state index contributed by atoms with van der Waals surface area (Å²) in [6.07, 6.45) is 18.1. The van der Waals surface area contributed by atoms with Crippen molar-refractivity contribution in [3.63, 3.8) is 0 Å². The number of aliphatic hydroxyl groups is 1. The molecule has 2 amide bonds. The molecule has 264 valence electrons. The van der Waals surface area contributed by atoms with Gasteiger partial charge in [0.05, 0.1) is 23.7 Å². The molecule has 0 aromatic carbocycles. The van der Waals surface area contributed by atoms with Gasteiger partial charge in [0, 0.05) is 13.2 Å². The SMILES string of the molecule is C.C.C.CC[C@@H]1CCCC[C@H]1CN1C(=O)[C@@H]2[C@H]3CC[C@H](C3)[C@@H]2C1=O.NC[C@@H]1CCCC[C@H]1CO.O=C1OC(=O)[C@H]2[C@@H]3CC[C@@H](C3)[C@@H]12. The molecule has 2 aliphatic heterocycles. The molecule has 2 heterocycles. The van der Waals surface area contributed by atoms with Crippen molar-refractivity contribution in [3.8, 4) is 0 Å². The van der Waals surface area contributed by atoms with Crippen molar-refractivity contribution in [2.45, 2.75) is 126 Å². The summed E-state index contributed by atoms with van der Waals surface area (Å²) < 4.78 is 4.63. The number of esters is 2. The summed E-state index contributed by atoms with van der Waals surface area (Å²) in [4.78, 5) is 49.6. The Morgan fingerprint density at radius 3 is 1.46 bits per heavy atom. The number of ether oxygens (including phenoxy) is 1. The predicted octanol–water partition coefficient (Wildman–Crippen LogP) is 6.62. The fraction of sp³-hybridized carbons (Fsp3) is 0.895. The molecule has 46 heavy (non-hydrogen) atoms. The number of carbonyl (C=O) groups is 4. The van der Waals surface area contributed by atoms with Gasteiger partial charge in [-0.15, -0.1) is 0 Å². The van der Waals surface area contributed by atoms with Crippen LogP contribution in [0.2, 0.25) is 0 Å². The Morgan fingerprint density at radius 1 is 0.630 bits per heavy atom. The van der Waals surface area contributed by atoms with E-state index >= 15 is 0 Å². The van der Waals surface area contributed by atoms with Gasteiger partial charge in [0.25, 0.3) is 0 Å². The van der Waals surface area contributed by atoms with E-state index in [9.17, 15) is 19.2 Å². The van der Waals surface area contributed by atoms with Crippen LogP contribution in [0.5, 0.6) is 0 Å². The fourth-order valence-electron chi connectivity index (χ4n) is 11.0. The third-order valence-electron chi connectivity index (χ3n) is 13.3. The molecule has 0 unspecified atom stereocenters. The molecule has 8 nitrogen and oxygen atoms in total. The molecule has 3 N–H and O–H groups in total. The van der Waals surface area contributed by atoms with Crippen LogP contribution >= 0.6 is 0 Å². The summed E-state index contributed by atoms with van der Waals surface area (Å²) >= 11 is 0. The Hall–Kier alpha value is -1.80. The first kappa shape index (κ1) is 38.6. The first-order valence-electron chi connectivity index (χ1n) is 17.8. The maximum Gasteiger partial charge on any atom is 0.317 e. The van der Waals surface area contributed by atoms with E-state index in [2.05, 4.69) is 11.7 Å². The van der Waals surface area contributed by atoms with Crippen LogP contribution in [0.25, 0.3) is 0 Å². The summed E-state index contributed by atoms with van der Waals surface area (Å²) in [5.74, 6) is 4.24. The standard InChI is InChI=1S/C18H27NO2.C9H10O3.C8H17NO.3CH4/c1-2-11-5-3-4-6-14(11)10-19-17(20)15-12-7-8-13(9-12)16(15)18(19)21;10-8-6-4-1-2-5(3-4)7(6)9(11)12-8;9-5-7-3-1-2-4-8(7)6-10;;;/h11-16H,2-10H2,1H3;4-7H,1-3H2;7-8,10H,1-6,9H2;3*1H4/t11-,12-,13+,14+,15+,16-;4-,5+,6+,7-;7-,8-;;;/m1.0.../s1. The number of hydrogen-bond acceptors (Lipinski definition) is 7. The number of carbonyl (C=O) groups excluding carboxylic acids is 4. The van der Waals surface area contributed by atoms with E-state index in [4.69, 9.17) is 10.8 Å². The number of likely N-dealkylation sites (tertiary alicyclic amines) is 1. The highest BCUT2D eigenvalue weighted by atomic mass is 16.6. The fourth-order valence-corrected chi connectivity index (χ4v) is 11.0. The quantitative estimate of drug-likeness (QED) is 0.195. The zero-order chi connectivity index (χ0) is 30.2. The lowest BCUT2D eigenvalue weighted by Crippen LogP contribution is -2.39. The van der Waals surface area contributed by atoms with E-state index in [-0.39, 0.29) is 69.7 Å². The maximum absolute atomic E-state index is 12.8. The third kappa shape index (κ3) is 7.13. The normalized spacial score (nSPS) is 41.2. The minimum atomic E-state index is -0.253. The van der Waals surface area contributed by atoms with Crippen LogP contribution in [-0.2, 0) is 23.9 Å². The van der Waals surface area contributed by atoms with Crippen molar-refractivity contribution in [2.75, 3.05) is 19.7 Å². The van der Waals surface area contributed by atoms with Gasteiger partial charge < -0.3 is 15.6 Å². The zero-order valence-electron chi connectivity index (χ0n) is 26.2. The van der Waals surface area contributed by atoms with Crippen molar-refractivity contribution < 1.29 is 29.0 Å². The van der Waals surface area contributed by atoms with Gasteiger partial charge in [0.2, 0.25) is 11.8 Å². The lowest BCUT2D eigenvalue weighted by molar-refractivity contribution is -0.155. The topological polar surface area (TPSA) is 127 Å². The Kier molecular flexibility index (Phi) is 13.9. The van der Waals surface area contributed by atoms with Crippen molar-refractivity contribution in [2.24, 2.45) is 76.7 Å². The lowest BCUT2D eigenvalue weighted by atomic mass is 9.77. The van der Waals surface area contributed by atoms with E-state index in [0.717, 1.165) is 44.7 Å². The highest BCUT2D eigenvalue weighted by molar-refractivity contribution is 6.06. The molecule has 6 aliphatic carbocycles. The number of fused-ring (bicyclic) bond motifs is 10. The third-order valence-corrected chi connectivity index (χ3v) is 13.3. The second-order valence-corrected chi connectivity index (χ2v) is 15.2. The highest BCUT2D eigenvalue weighted by Crippen LogP contribution is 2.57. The van der Waals surface area contributed by atoms with Crippen LogP contribution in [0.4, 0.5) is 0 Å². The average Bonchev–Trinajstić information content (AvgIpc) is 3.89. The number of aliphatic hydroxyl groups excluding tert-OH is 1. The Bertz CT molecular complexity index is 998. The lowest BCUT2D eigenvalue weighted by Gasteiger charge is -2.33. The van der Waals surface area contributed by atoms with Crippen LogP contribution in [0.3, 0.4) is 0 Å². The Morgan fingerprint density at radius 2 is 1.04 bits per heavy atom. The summed E-state index contributed by atoms with van der Waals surface area (Å²) in [5, 5.41) is 8.94. The number of hydrogen-bond donors (Lipinski definition) is 2. The highest BCUT2D eigenvalue weighted by Gasteiger charge is 2.61. The number of imide groups is 1. The Labute approximate surface area is 279 Å². The van der Waals surface area contributed by atoms with E-state index in [1.165, 1.54) is 70.6 Å². The smallest absolute Gasteiger partial charge is 0.317 e. The molecule has 0 aromatic heterocycles. The van der Waals surface area contributed by atoms with Gasteiger partial charge in [0.1, 0.15) is 0 Å². The van der Waals surface area contributed by atoms with Gasteiger partial charge >= 0.3 is 11.9 Å². The maximum atomic E-state index is 12.8. The molecule has 6 saturated carbocycles. The predicted molar refractivity (Wildman–Crippen MR) is 181 cm³/mol. The second-order valence-electron chi connectivity index (χ2n) is 15.2. The number of rotatable bonds is 5. The van der Waals surface area contributed by atoms with E-state index < -0.39 is 0 Å². The number of amides is 2. The molecule has 8 rings (SSSR count). The van der Waals surface area contributed by atoms with Gasteiger partial charge in [-0.25, -0.2) is 0 Å². The van der Waals surface area contributed by atoms with Crippen LogP contribution in [0.15, 0.2) is 0 Å². The molecule has 12 atom stereocenters. The summed E-state index contributed by atoms with van der Waals surface area (Å²) in [7, 11) is 0. The molecule has 2 saturated heterocycles. The van der Waals surface area contributed by atoms with Crippen LogP contribution in [-0.4, -0.2) is 53.5 Å². The van der Waals surface area contributed by atoms with Crippen LogP contribution in [0.1, 0.15) is 126 Å². The molecule has 0 spiro atoms. The second kappa shape index (κ2) is 16.5. The minimum absolute atomic E-state index is 0. The number of nitrogens with zero attached hydrogens (tertiary/aromatic N) is 1. The van der Waals surface area contributed by atoms with E-state index in [1.54, 1.807) is 4.90 Å². The molecule has 0 radical (unpaired) electrons. The molecular weight excluding hydrogens is 580 g/mol. The van der Waals surface area contributed by atoms with E-state index in [0.29, 0.717) is 48.0 Å². The molecule has 8 fully saturated rings. The summed E-state index contributed by atoms with van der Waals surface area (Å²) in [6, 6.07) is 0. The molecule has 8 aliphatic rings. The van der Waals surface area contributed by atoms with Crippen molar-refractivity contribution in [1.29, 1.82) is 0 Å². The zero-order valence-corrected chi connectivity index (χ0v) is 26.2. The first-order chi connectivity index (χ1) is 20.9. The van der Waals surface area contributed by atoms with Crippen molar-refractivity contribution in [1.82, 2.24) is 4.90 Å². The van der Waals surface area contributed by atoms with Gasteiger partial charge in [-0.1, -0.05) is 67.7 Å². The average molecular weight is 647 g/mol. The van der Waals surface area contributed by atoms with Crippen LogP contribution in [0, 0.1) is 71.0 Å². The first-order valence-corrected chi connectivity index (χ1v) is 17.8. The molecule has 4 bridgehead atoms. The largest absolute Gasteiger partial charge is 0.396 e.